The van der Waals surface area contributed by atoms with Gasteiger partial charge in [-0.15, -0.1) is 0 Å². The summed E-state index contributed by atoms with van der Waals surface area (Å²) in [7, 11) is 1.69. The normalized spacial score (nSPS) is 31.8. The molecule has 0 spiro atoms. The van der Waals surface area contributed by atoms with Crippen molar-refractivity contribution in [2.45, 2.75) is 23.8 Å². The fraction of sp³-hybridized carbons (Fsp3) is 1.00. The Morgan fingerprint density at radius 3 is 2.60 bits per heavy atom. The SMILES string of the molecule is COCCOC1CC(Br)C1. The average Bonchev–Trinajstić information content (AvgIpc) is 1.85. The van der Waals surface area contributed by atoms with Gasteiger partial charge in [-0.1, -0.05) is 15.9 Å². The molecule has 1 fully saturated rings. The molecule has 0 amide bonds. The molecule has 0 N–H and O–H groups in total. The van der Waals surface area contributed by atoms with Crippen molar-refractivity contribution in [1.82, 2.24) is 0 Å². The minimum absolute atomic E-state index is 0.486. The molecule has 0 aromatic carbocycles. The van der Waals surface area contributed by atoms with E-state index in [1.165, 1.54) is 0 Å². The van der Waals surface area contributed by atoms with E-state index in [9.17, 15) is 0 Å². The lowest BCUT2D eigenvalue weighted by atomic mass is 9.96. The first-order valence-corrected chi connectivity index (χ1v) is 4.49. The monoisotopic (exact) mass is 208 g/mol. The van der Waals surface area contributed by atoms with Crippen LogP contribution >= 0.6 is 15.9 Å². The zero-order valence-corrected chi connectivity index (χ0v) is 7.76. The van der Waals surface area contributed by atoms with Gasteiger partial charge < -0.3 is 9.47 Å². The quantitative estimate of drug-likeness (QED) is 0.516. The number of rotatable bonds is 4. The van der Waals surface area contributed by atoms with Crippen LogP contribution in [0.2, 0.25) is 0 Å². The van der Waals surface area contributed by atoms with Gasteiger partial charge in [0.15, 0.2) is 0 Å². The Balaban J connectivity index is 1.86. The molecule has 1 saturated carbocycles. The molecule has 1 aliphatic carbocycles. The molecular weight excluding hydrogens is 196 g/mol. The highest BCUT2D eigenvalue weighted by molar-refractivity contribution is 9.09. The van der Waals surface area contributed by atoms with Crippen LogP contribution in [0.3, 0.4) is 0 Å². The molecule has 2 nitrogen and oxygen atoms in total. The Bertz CT molecular complexity index is 91.6. The van der Waals surface area contributed by atoms with Crippen molar-refractivity contribution >= 4 is 15.9 Å². The molecule has 0 aromatic rings. The first kappa shape index (κ1) is 8.50. The Hall–Kier alpha value is 0.400. The summed E-state index contributed by atoms with van der Waals surface area (Å²) in [6.07, 6.45) is 2.80. The van der Waals surface area contributed by atoms with Gasteiger partial charge in [0.05, 0.1) is 19.3 Å². The summed E-state index contributed by atoms with van der Waals surface area (Å²) in [6, 6.07) is 0. The molecule has 1 aliphatic rings. The van der Waals surface area contributed by atoms with Crippen LogP contribution in [0.15, 0.2) is 0 Å². The summed E-state index contributed by atoms with van der Waals surface area (Å²) in [5.41, 5.74) is 0. The van der Waals surface area contributed by atoms with E-state index in [0.717, 1.165) is 19.4 Å². The van der Waals surface area contributed by atoms with Gasteiger partial charge in [0.1, 0.15) is 0 Å². The molecule has 0 radical (unpaired) electrons. The van der Waals surface area contributed by atoms with Gasteiger partial charge in [-0.3, -0.25) is 0 Å². The minimum Gasteiger partial charge on any atom is -0.382 e. The number of methoxy groups -OCH3 is 1. The Morgan fingerprint density at radius 1 is 1.40 bits per heavy atom. The van der Waals surface area contributed by atoms with Gasteiger partial charge in [-0.2, -0.15) is 0 Å². The van der Waals surface area contributed by atoms with E-state index in [0.29, 0.717) is 17.5 Å². The second-order valence-electron chi connectivity index (χ2n) is 2.55. The summed E-state index contributed by atoms with van der Waals surface area (Å²) >= 11 is 3.50. The van der Waals surface area contributed by atoms with Crippen molar-refractivity contribution in [2.24, 2.45) is 0 Å². The molecule has 60 valence electrons. The van der Waals surface area contributed by atoms with Crippen LogP contribution in [-0.4, -0.2) is 31.3 Å². The number of hydrogen-bond acceptors (Lipinski definition) is 2. The van der Waals surface area contributed by atoms with E-state index in [4.69, 9.17) is 9.47 Å². The van der Waals surface area contributed by atoms with Crippen LogP contribution in [0.25, 0.3) is 0 Å². The predicted octanol–water partition coefficient (Wildman–Crippen LogP) is 1.58. The largest absolute Gasteiger partial charge is 0.382 e. The van der Waals surface area contributed by atoms with E-state index in [1.807, 2.05) is 0 Å². The van der Waals surface area contributed by atoms with Crippen molar-refractivity contribution < 1.29 is 9.47 Å². The third-order valence-corrected chi connectivity index (χ3v) is 2.43. The number of alkyl halides is 1. The van der Waals surface area contributed by atoms with Gasteiger partial charge in [0.25, 0.3) is 0 Å². The summed E-state index contributed by atoms with van der Waals surface area (Å²) in [6.45, 7) is 1.45. The fourth-order valence-electron chi connectivity index (χ4n) is 0.936. The summed E-state index contributed by atoms with van der Waals surface area (Å²) in [4.78, 5) is 0.694. The fourth-order valence-corrected chi connectivity index (χ4v) is 1.77. The maximum Gasteiger partial charge on any atom is 0.0704 e. The first-order chi connectivity index (χ1) is 4.83. The smallest absolute Gasteiger partial charge is 0.0704 e. The topological polar surface area (TPSA) is 18.5 Å². The van der Waals surface area contributed by atoms with Crippen molar-refractivity contribution in [3.05, 3.63) is 0 Å². The Morgan fingerprint density at radius 2 is 2.10 bits per heavy atom. The molecule has 0 saturated heterocycles. The van der Waals surface area contributed by atoms with Crippen molar-refractivity contribution in [3.63, 3.8) is 0 Å². The molecule has 0 heterocycles. The third-order valence-electron chi connectivity index (χ3n) is 1.68. The summed E-state index contributed by atoms with van der Waals surface area (Å²) < 4.78 is 10.3. The summed E-state index contributed by atoms with van der Waals surface area (Å²) in [5.74, 6) is 0. The van der Waals surface area contributed by atoms with Crippen LogP contribution in [0, 0.1) is 0 Å². The first-order valence-electron chi connectivity index (χ1n) is 3.57. The number of ether oxygens (including phenoxy) is 2. The van der Waals surface area contributed by atoms with Gasteiger partial charge in [-0.25, -0.2) is 0 Å². The van der Waals surface area contributed by atoms with Crippen molar-refractivity contribution in [2.75, 3.05) is 20.3 Å². The van der Waals surface area contributed by atoms with Gasteiger partial charge in [0.2, 0.25) is 0 Å². The molecule has 0 unspecified atom stereocenters. The van der Waals surface area contributed by atoms with Gasteiger partial charge in [-0.05, 0) is 12.8 Å². The van der Waals surface area contributed by atoms with Crippen LogP contribution < -0.4 is 0 Å². The maximum atomic E-state index is 5.43. The highest BCUT2D eigenvalue weighted by atomic mass is 79.9. The van der Waals surface area contributed by atoms with E-state index >= 15 is 0 Å². The van der Waals surface area contributed by atoms with Gasteiger partial charge in [0, 0.05) is 11.9 Å². The van der Waals surface area contributed by atoms with Crippen LogP contribution in [0.5, 0.6) is 0 Å². The Labute approximate surface area is 70.0 Å². The van der Waals surface area contributed by atoms with E-state index < -0.39 is 0 Å². The van der Waals surface area contributed by atoms with Crippen molar-refractivity contribution in [3.8, 4) is 0 Å². The second kappa shape index (κ2) is 4.31. The molecule has 0 bridgehead atoms. The van der Waals surface area contributed by atoms with Crippen LogP contribution in [0.4, 0.5) is 0 Å². The van der Waals surface area contributed by atoms with E-state index in [-0.39, 0.29) is 0 Å². The summed E-state index contributed by atoms with van der Waals surface area (Å²) in [5, 5.41) is 0. The lowest BCUT2D eigenvalue weighted by Gasteiger charge is -2.30. The predicted molar refractivity (Wildman–Crippen MR) is 43.6 cm³/mol. The zero-order chi connectivity index (χ0) is 7.40. The third kappa shape index (κ3) is 2.56. The highest BCUT2D eigenvalue weighted by Gasteiger charge is 2.26. The van der Waals surface area contributed by atoms with Crippen molar-refractivity contribution in [1.29, 1.82) is 0 Å². The second-order valence-corrected chi connectivity index (χ2v) is 3.85. The molecule has 0 atom stereocenters. The molecule has 10 heavy (non-hydrogen) atoms. The molecule has 0 aliphatic heterocycles. The standard InChI is InChI=1S/C7H13BrO2/c1-9-2-3-10-7-4-6(8)5-7/h6-7H,2-5H2,1H3. The number of hydrogen-bond donors (Lipinski definition) is 0. The van der Waals surface area contributed by atoms with E-state index in [2.05, 4.69) is 15.9 Å². The van der Waals surface area contributed by atoms with E-state index in [1.54, 1.807) is 7.11 Å². The van der Waals surface area contributed by atoms with Gasteiger partial charge >= 0.3 is 0 Å². The van der Waals surface area contributed by atoms with Crippen LogP contribution in [-0.2, 0) is 9.47 Å². The lowest BCUT2D eigenvalue weighted by Crippen LogP contribution is -2.32. The molecule has 3 heteroatoms. The molecule has 0 aromatic heterocycles. The average molecular weight is 209 g/mol. The maximum absolute atomic E-state index is 5.43. The lowest BCUT2D eigenvalue weighted by molar-refractivity contribution is -0.0170. The minimum atomic E-state index is 0.486. The number of halogens is 1. The Kier molecular flexibility index (Phi) is 3.66. The molecular formula is C7H13BrO2. The van der Waals surface area contributed by atoms with Crippen LogP contribution in [0.1, 0.15) is 12.8 Å². The highest BCUT2D eigenvalue weighted by Crippen LogP contribution is 2.29. The zero-order valence-electron chi connectivity index (χ0n) is 6.18. The molecule has 1 rings (SSSR count).